The number of rotatable bonds is 4. The molecular formula is C16H24N2O2. The number of aromatic nitrogens is 1. The number of hydrogen-bond donors (Lipinski definition) is 1. The van der Waals surface area contributed by atoms with Gasteiger partial charge < -0.3 is 10.1 Å². The molecule has 0 spiro atoms. The summed E-state index contributed by atoms with van der Waals surface area (Å²) in [6.07, 6.45) is 4.27. The van der Waals surface area contributed by atoms with Gasteiger partial charge >= 0.3 is 5.97 Å². The van der Waals surface area contributed by atoms with Crippen molar-refractivity contribution in [3.63, 3.8) is 0 Å². The van der Waals surface area contributed by atoms with Gasteiger partial charge in [0.25, 0.3) is 0 Å². The first-order chi connectivity index (χ1) is 9.54. The summed E-state index contributed by atoms with van der Waals surface area (Å²) < 4.78 is 5.56. The van der Waals surface area contributed by atoms with Gasteiger partial charge in [0.05, 0.1) is 0 Å². The van der Waals surface area contributed by atoms with Crippen LogP contribution in [-0.2, 0) is 4.74 Å². The van der Waals surface area contributed by atoms with E-state index in [-0.39, 0.29) is 18.1 Å². The second-order valence-corrected chi connectivity index (χ2v) is 5.99. The van der Waals surface area contributed by atoms with E-state index in [9.17, 15) is 4.79 Å². The van der Waals surface area contributed by atoms with Crippen molar-refractivity contribution < 1.29 is 9.53 Å². The summed E-state index contributed by atoms with van der Waals surface area (Å²) in [5.41, 5.74) is 0.384. The van der Waals surface area contributed by atoms with Crippen LogP contribution in [0.2, 0.25) is 0 Å². The number of hydrogen-bond acceptors (Lipinski definition) is 4. The minimum absolute atomic E-state index is 0.0576. The van der Waals surface area contributed by atoms with Gasteiger partial charge in [-0.2, -0.15) is 0 Å². The SMILES string of the molecule is CC1CCC(OC(=O)c2cccc(NC(C)C)n2)CC1. The fourth-order valence-corrected chi connectivity index (χ4v) is 2.48. The van der Waals surface area contributed by atoms with Gasteiger partial charge in [0.1, 0.15) is 11.9 Å². The maximum absolute atomic E-state index is 12.1. The predicted octanol–water partition coefficient (Wildman–Crippen LogP) is 3.64. The molecule has 1 aromatic rings. The van der Waals surface area contributed by atoms with Crippen LogP contribution in [0.15, 0.2) is 18.2 Å². The average molecular weight is 276 g/mol. The lowest BCUT2D eigenvalue weighted by molar-refractivity contribution is 0.0167. The van der Waals surface area contributed by atoms with Crippen molar-refractivity contribution in [1.82, 2.24) is 4.98 Å². The Balaban J connectivity index is 1.95. The van der Waals surface area contributed by atoms with E-state index in [4.69, 9.17) is 4.74 Å². The van der Waals surface area contributed by atoms with Crippen molar-refractivity contribution >= 4 is 11.8 Å². The Morgan fingerprint density at radius 1 is 1.30 bits per heavy atom. The zero-order valence-electron chi connectivity index (χ0n) is 12.6. The molecule has 20 heavy (non-hydrogen) atoms. The van der Waals surface area contributed by atoms with Crippen LogP contribution < -0.4 is 5.32 Å². The van der Waals surface area contributed by atoms with E-state index in [1.54, 1.807) is 6.07 Å². The normalized spacial score (nSPS) is 22.6. The van der Waals surface area contributed by atoms with E-state index >= 15 is 0 Å². The van der Waals surface area contributed by atoms with Gasteiger partial charge in [-0.3, -0.25) is 0 Å². The first-order valence-electron chi connectivity index (χ1n) is 7.49. The molecular weight excluding hydrogens is 252 g/mol. The van der Waals surface area contributed by atoms with Gasteiger partial charge in [-0.15, -0.1) is 0 Å². The molecule has 1 heterocycles. The molecule has 0 bridgehead atoms. The molecule has 1 aromatic heterocycles. The van der Waals surface area contributed by atoms with Gasteiger partial charge in [-0.25, -0.2) is 9.78 Å². The molecule has 4 heteroatoms. The summed E-state index contributed by atoms with van der Waals surface area (Å²) in [5.74, 6) is 1.16. The molecule has 2 rings (SSSR count). The summed E-state index contributed by atoms with van der Waals surface area (Å²) in [6.45, 7) is 6.33. The van der Waals surface area contributed by atoms with Crippen molar-refractivity contribution in [2.75, 3.05) is 5.32 Å². The van der Waals surface area contributed by atoms with Crippen molar-refractivity contribution in [3.8, 4) is 0 Å². The number of anilines is 1. The molecule has 1 fully saturated rings. The van der Waals surface area contributed by atoms with Gasteiger partial charge in [0.2, 0.25) is 0 Å². The summed E-state index contributed by atoms with van der Waals surface area (Å²) in [5, 5.41) is 3.19. The number of pyridine rings is 1. The highest BCUT2D eigenvalue weighted by Gasteiger charge is 2.22. The maximum Gasteiger partial charge on any atom is 0.357 e. The third-order valence-electron chi connectivity index (χ3n) is 3.63. The van der Waals surface area contributed by atoms with Crippen LogP contribution >= 0.6 is 0 Å². The predicted molar refractivity (Wildman–Crippen MR) is 79.8 cm³/mol. The van der Waals surface area contributed by atoms with Crippen LogP contribution in [0.25, 0.3) is 0 Å². The van der Waals surface area contributed by atoms with Crippen LogP contribution in [0.5, 0.6) is 0 Å². The lowest BCUT2D eigenvalue weighted by Crippen LogP contribution is -2.24. The number of nitrogens with one attached hydrogen (secondary N) is 1. The van der Waals surface area contributed by atoms with E-state index < -0.39 is 0 Å². The lowest BCUT2D eigenvalue weighted by atomic mass is 9.89. The van der Waals surface area contributed by atoms with Crippen molar-refractivity contribution in [3.05, 3.63) is 23.9 Å². The number of ether oxygens (including phenoxy) is 1. The highest BCUT2D eigenvalue weighted by molar-refractivity contribution is 5.87. The quantitative estimate of drug-likeness (QED) is 0.853. The average Bonchev–Trinajstić information content (AvgIpc) is 2.41. The summed E-state index contributed by atoms with van der Waals surface area (Å²) in [7, 11) is 0. The highest BCUT2D eigenvalue weighted by Crippen LogP contribution is 2.26. The fraction of sp³-hybridized carbons (Fsp3) is 0.625. The molecule has 0 aromatic carbocycles. The Hall–Kier alpha value is -1.58. The third kappa shape index (κ3) is 4.22. The molecule has 1 saturated carbocycles. The molecule has 1 aliphatic carbocycles. The Bertz CT molecular complexity index is 452. The third-order valence-corrected chi connectivity index (χ3v) is 3.63. The van der Waals surface area contributed by atoms with Crippen LogP contribution in [0, 0.1) is 5.92 Å². The standard InChI is InChI=1S/C16H24N2O2/c1-11(2)17-15-6-4-5-14(18-15)16(19)20-13-9-7-12(3)8-10-13/h4-6,11-13H,7-10H2,1-3H3,(H,17,18). The maximum atomic E-state index is 12.1. The van der Waals surface area contributed by atoms with Crippen molar-refractivity contribution in [2.24, 2.45) is 5.92 Å². The molecule has 1 N–H and O–H groups in total. The molecule has 0 radical (unpaired) electrons. The topological polar surface area (TPSA) is 51.2 Å². The lowest BCUT2D eigenvalue weighted by Gasteiger charge is -2.25. The van der Waals surface area contributed by atoms with Crippen molar-refractivity contribution in [2.45, 2.75) is 58.6 Å². The Labute approximate surface area is 120 Å². The molecule has 0 unspecified atom stereocenters. The van der Waals surface area contributed by atoms with Gasteiger partial charge in [0, 0.05) is 6.04 Å². The van der Waals surface area contributed by atoms with E-state index in [0.717, 1.165) is 31.6 Å². The summed E-state index contributed by atoms with van der Waals surface area (Å²) in [6, 6.07) is 5.68. The van der Waals surface area contributed by atoms with Crippen LogP contribution in [0.4, 0.5) is 5.82 Å². The van der Waals surface area contributed by atoms with E-state index in [1.807, 2.05) is 26.0 Å². The first kappa shape index (κ1) is 14.8. The molecule has 4 nitrogen and oxygen atoms in total. The minimum Gasteiger partial charge on any atom is -0.458 e. The molecule has 1 aliphatic rings. The van der Waals surface area contributed by atoms with Gasteiger partial charge in [0.15, 0.2) is 5.69 Å². The number of carbonyl (C=O) groups is 1. The fourth-order valence-electron chi connectivity index (χ4n) is 2.48. The first-order valence-corrected chi connectivity index (χ1v) is 7.49. The number of esters is 1. The van der Waals surface area contributed by atoms with Crippen LogP contribution in [-0.4, -0.2) is 23.1 Å². The van der Waals surface area contributed by atoms with E-state index in [0.29, 0.717) is 11.5 Å². The van der Waals surface area contributed by atoms with Crippen LogP contribution in [0.1, 0.15) is 56.9 Å². The Morgan fingerprint density at radius 2 is 2.00 bits per heavy atom. The second kappa shape index (κ2) is 6.73. The zero-order chi connectivity index (χ0) is 14.5. The largest absolute Gasteiger partial charge is 0.458 e. The molecule has 0 aliphatic heterocycles. The van der Waals surface area contributed by atoms with Crippen molar-refractivity contribution in [1.29, 1.82) is 0 Å². The summed E-state index contributed by atoms with van der Waals surface area (Å²) in [4.78, 5) is 16.4. The van der Waals surface area contributed by atoms with E-state index in [2.05, 4.69) is 17.2 Å². The highest BCUT2D eigenvalue weighted by atomic mass is 16.5. The second-order valence-electron chi connectivity index (χ2n) is 5.99. The number of carbonyl (C=O) groups excluding carboxylic acids is 1. The molecule has 0 amide bonds. The minimum atomic E-state index is -0.308. The smallest absolute Gasteiger partial charge is 0.357 e. The molecule has 0 atom stereocenters. The molecule has 0 saturated heterocycles. The Kier molecular flexibility index (Phi) is 4.99. The van der Waals surface area contributed by atoms with Crippen LogP contribution in [0.3, 0.4) is 0 Å². The van der Waals surface area contributed by atoms with Gasteiger partial charge in [-0.1, -0.05) is 13.0 Å². The van der Waals surface area contributed by atoms with Gasteiger partial charge in [-0.05, 0) is 57.6 Å². The summed E-state index contributed by atoms with van der Waals surface area (Å²) >= 11 is 0. The number of nitrogens with zero attached hydrogens (tertiary/aromatic N) is 1. The van der Waals surface area contributed by atoms with E-state index in [1.165, 1.54) is 0 Å². The monoisotopic (exact) mass is 276 g/mol. The molecule has 110 valence electrons. The zero-order valence-corrected chi connectivity index (χ0v) is 12.6. The Morgan fingerprint density at radius 3 is 2.65 bits per heavy atom.